The number of benzene rings is 1. The summed E-state index contributed by atoms with van der Waals surface area (Å²) >= 11 is 0. The van der Waals surface area contributed by atoms with Gasteiger partial charge in [-0.1, -0.05) is 6.07 Å². The first-order valence-corrected chi connectivity index (χ1v) is 5.12. The number of aromatic amines is 1. The van der Waals surface area contributed by atoms with Crippen LogP contribution in [0.25, 0.3) is 11.0 Å². The summed E-state index contributed by atoms with van der Waals surface area (Å²) in [6.07, 6.45) is -0.0759. The highest BCUT2D eigenvalue weighted by Crippen LogP contribution is 2.22. The number of imidazole rings is 1. The van der Waals surface area contributed by atoms with Gasteiger partial charge in [-0.25, -0.2) is 4.79 Å². The third kappa shape index (κ3) is 2.15. The van der Waals surface area contributed by atoms with Gasteiger partial charge in [-0.2, -0.15) is 0 Å². The molecule has 0 bridgehead atoms. The van der Waals surface area contributed by atoms with Crippen molar-refractivity contribution in [2.45, 2.75) is 6.42 Å². The summed E-state index contributed by atoms with van der Waals surface area (Å²) in [7, 11) is 1.65. The molecule has 6 heteroatoms. The molecule has 0 unspecified atom stereocenters. The van der Waals surface area contributed by atoms with Crippen molar-refractivity contribution in [2.75, 3.05) is 6.61 Å². The Hall–Kier alpha value is -2.24. The lowest BCUT2D eigenvalue weighted by Gasteiger charge is -2.05. The van der Waals surface area contributed by atoms with Gasteiger partial charge in [-0.3, -0.25) is 9.36 Å². The highest BCUT2D eigenvalue weighted by atomic mass is 16.5. The van der Waals surface area contributed by atoms with Crippen molar-refractivity contribution >= 4 is 17.0 Å². The molecule has 0 aliphatic carbocycles. The fourth-order valence-electron chi connectivity index (χ4n) is 1.59. The fraction of sp³-hybridized carbons (Fsp3) is 0.273. The number of H-pyrrole nitrogens is 1. The van der Waals surface area contributed by atoms with Gasteiger partial charge < -0.3 is 14.8 Å². The van der Waals surface area contributed by atoms with Crippen LogP contribution >= 0.6 is 0 Å². The highest BCUT2D eigenvalue weighted by molar-refractivity contribution is 5.81. The number of hydrogen-bond donors (Lipinski definition) is 2. The Labute approximate surface area is 96.4 Å². The lowest BCUT2D eigenvalue weighted by molar-refractivity contribution is -0.137. The number of nitrogens with zero attached hydrogens (tertiary/aromatic N) is 1. The molecule has 2 aromatic rings. The maximum Gasteiger partial charge on any atom is 0.326 e. The van der Waals surface area contributed by atoms with E-state index in [-0.39, 0.29) is 18.7 Å². The van der Waals surface area contributed by atoms with E-state index in [0.717, 1.165) is 5.52 Å². The Morgan fingerprint density at radius 2 is 2.29 bits per heavy atom. The third-order valence-electron chi connectivity index (χ3n) is 2.48. The number of ether oxygens (including phenoxy) is 1. The average molecular weight is 236 g/mol. The third-order valence-corrected chi connectivity index (χ3v) is 2.48. The number of fused-ring (bicyclic) bond motifs is 1. The molecular formula is C11H12N2O4. The quantitative estimate of drug-likeness (QED) is 0.819. The molecule has 0 saturated heterocycles. The summed E-state index contributed by atoms with van der Waals surface area (Å²) in [5.41, 5.74) is 1.09. The number of rotatable bonds is 4. The summed E-state index contributed by atoms with van der Waals surface area (Å²) in [5.74, 6) is -0.430. The first-order chi connectivity index (χ1) is 8.09. The summed E-state index contributed by atoms with van der Waals surface area (Å²) in [6, 6.07) is 5.24. The zero-order chi connectivity index (χ0) is 12.4. The Balaban J connectivity index is 2.31. The second-order valence-electron chi connectivity index (χ2n) is 3.63. The second kappa shape index (κ2) is 4.32. The van der Waals surface area contributed by atoms with Gasteiger partial charge in [-0.05, 0) is 12.1 Å². The number of carbonyl (C=O) groups is 1. The van der Waals surface area contributed by atoms with Crippen molar-refractivity contribution in [3.63, 3.8) is 0 Å². The Morgan fingerprint density at radius 3 is 3.00 bits per heavy atom. The number of aliphatic carboxylic acids is 1. The monoisotopic (exact) mass is 236 g/mol. The molecule has 0 radical (unpaired) electrons. The minimum Gasteiger partial charge on any atom is -0.491 e. The highest BCUT2D eigenvalue weighted by Gasteiger charge is 2.08. The molecule has 0 fully saturated rings. The number of carboxylic acids is 1. The van der Waals surface area contributed by atoms with E-state index in [1.165, 1.54) is 4.57 Å². The van der Waals surface area contributed by atoms with E-state index in [1.807, 2.05) is 0 Å². The zero-order valence-electron chi connectivity index (χ0n) is 9.27. The molecular weight excluding hydrogens is 224 g/mol. The van der Waals surface area contributed by atoms with Crippen LogP contribution in [-0.2, 0) is 11.8 Å². The van der Waals surface area contributed by atoms with Crippen molar-refractivity contribution in [1.82, 2.24) is 9.55 Å². The summed E-state index contributed by atoms with van der Waals surface area (Å²) in [4.78, 5) is 24.5. The Morgan fingerprint density at radius 1 is 1.53 bits per heavy atom. The van der Waals surface area contributed by atoms with E-state index in [9.17, 15) is 9.59 Å². The van der Waals surface area contributed by atoms with Crippen molar-refractivity contribution in [3.05, 3.63) is 28.7 Å². The summed E-state index contributed by atoms with van der Waals surface area (Å²) in [6.45, 7) is 0.0748. The topological polar surface area (TPSA) is 84.3 Å². The van der Waals surface area contributed by atoms with E-state index in [4.69, 9.17) is 9.84 Å². The molecule has 0 atom stereocenters. The van der Waals surface area contributed by atoms with Crippen molar-refractivity contribution < 1.29 is 14.6 Å². The molecule has 0 aliphatic rings. The number of nitrogens with one attached hydrogen (secondary N) is 1. The maximum absolute atomic E-state index is 11.4. The van der Waals surface area contributed by atoms with E-state index in [2.05, 4.69) is 4.98 Å². The lowest BCUT2D eigenvalue weighted by atomic mass is 10.3. The van der Waals surface area contributed by atoms with Crippen molar-refractivity contribution in [1.29, 1.82) is 0 Å². The molecule has 2 rings (SSSR count). The smallest absolute Gasteiger partial charge is 0.326 e. The minimum atomic E-state index is -0.918. The van der Waals surface area contributed by atoms with Crippen LogP contribution in [0.4, 0.5) is 0 Å². The first kappa shape index (κ1) is 11.3. The lowest BCUT2D eigenvalue weighted by Crippen LogP contribution is -2.11. The van der Waals surface area contributed by atoms with Gasteiger partial charge in [0.15, 0.2) is 0 Å². The van der Waals surface area contributed by atoms with Crippen LogP contribution in [0.3, 0.4) is 0 Å². The van der Waals surface area contributed by atoms with Crippen LogP contribution in [0.1, 0.15) is 6.42 Å². The molecule has 6 nitrogen and oxygen atoms in total. The molecule has 90 valence electrons. The van der Waals surface area contributed by atoms with Gasteiger partial charge in [0, 0.05) is 7.05 Å². The molecule has 1 aromatic carbocycles. The number of carboxylic acid groups (broad SMARTS) is 1. The van der Waals surface area contributed by atoms with E-state index in [1.54, 1.807) is 25.2 Å². The molecule has 1 heterocycles. The largest absolute Gasteiger partial charge is 0.491 e. The van der Waals surface area contributed by atoms with Crippen LogP contribution in [0.15, 0.2) is 23.0 Å². The van der Waals surface area contributed by atoms with Crippen LogP contribution in [0, 0.1) is 0 Å². The minimum absolute atomic E-state index is 0.0748. The molecule has 0 spiro atoms. The summed E-state index contributed by atoms with van der Waals surface area (Å²) < 4.78 is 6.81. The Kier molecular flexibility index (Phi) is 2.86. The number of hydrogen-bond acceptors (Lipinski definition) is 3. The van der Waals surface area contributed by atoms with Crippen LogP contribution in [-0.4, -0.2) is 27.2 Å². The van der Waals surface area contributed by atoms with Gasteiger partial charge >= 0.3 is 11.7 Å². The van der Waals surface area contributed by atoms with Crippen molar-refractivity contribution in [3.8, 4) is 5.75 Å². The maximum atomic E-state index is 11.4. The molecule has 17 heavy (non-hydrogen) atoms. The average Bonchev–Trinajstić information content (AvgIpc) is 2.56. The fourth-order valence-corrected chi connectivity index (χ4v) is 1.59. The van der Waals surface area contributed by atoms with Gasteiger partial charge in [0.2, 0.25) is 0 Å². The van der Waals surface area contributed by atoms with E-state index < -0.39 is 5.97 Å². The standard InChI is InChI=1S/C11H12N2O4/c1-13-7-3-2-4-8(10(7)12-11(13)16)17-6-5-9(14)15/h2-4H,5-6H2,1H3,(H,12,16)(H,14,15). The Bertz CT molecular complexity index is 611. The molecule has 1 aromatic heterocycles. The first-order valence-electron chi connectivity index (χ1n) is 5.12. The molecule has 2 N–H and O–H groups in total. The number of aryl methyl sites for hydroxylation is 1. The predicted octanol–water partition coefficient (Wildman–Crippen LogP) is 0.720. The number of aromatic nitrogens is 2. The van der Waals surface area contributed by atoms with Gasteiger partial charge in [0.25, 0.3) is 0 Å². The van der Waals surface area contributed by atoms with Gasteiger partial charge in [0.1, 0.15) is 11.3 Å². The van der Waals surface area contributed by atoms with E-state index >= 15 is 0 Å². The van der Waals surface area contributed by atoms with Gasteiger partial charge in [-0.15, -0.1) is 0 Å². The summed E-state index contributed by atoms with van der Waals surface area (Å²) in [5, 5.41) is 8.51. The van der Waals surface area contributed by atoms with Crippen molar-refractivity contribution in [2.24, 2.45) is 7.05 Å². The zero-order valence-corrected chi connectivity index (χ0v) is 9.27. The molecule has 0 aliphatic heterocycles. The molecule has 0 amide bonds. The number of para-hydroxylation sites is 1. The SMILES string of the molecule is Cn1c(=O)[nH]c2c(OCCC(=O)O)cccc21. The van der Waals surface area contributed by atoms with Gasteiger partial charge in [0.05, 0.1) is 18.5 Å². The van der Waals surface area contributed by atoms with Crippen LogP contribution in [0.2, 0.25) is 0 Å². The van der Waals surface area contributed by atoms with Crippen LogP contribution < -0.4 is 10.4 Å². The molecule has 0 saturated carbocycles. The van der Waals surface area contributed by atoms with Crippen LogP contribution in [0.5, 0.6) is 5.75 Å². The van der Waals surface area contributed by atoms with E-state index in [0.29, 0.717) is 11.3 Å². The predicted molar refractivity (Wildman–Crippen MR) is 61.3 cm³/mol. The normalized spacial score (nSPS) is 10.6. The second-order valence-corrected chi connectivity index (χ2v) is 3.63.